The summed E-state index contributed by atoms with van der Waals surface area (Å²) >= 11 is 0. The monoisotopic (exact) mass is 288 g/mol. The van der Waals surface area contributed by atoms with Crippen molar-refractivity contribution in [1.82, 2.24) is 21.3 Å². The second-order valence-electron chi connectivity index (χ2n) is 3.51. The van der Waals surface area contributed by atoms with Gasteiger partial charge in [0.1, 0.15) is 0 Å². The Morgan fingerprint density at radius 2 is 0.722 bits per heavy atom. The number of hydrogen-bond donors (Lipinski definition) is 7. The van der Waals surface area contributed by atoms with Crippen LogP contribution in [0.3, 0.4) is 0 Å². The van der Waals surface area contributed by atoms with E-state index in [1.54, 1.807) is 0 Å². The van der Waals surface area contributed by atoms with E-state index >= 15 is 0 Å². The third-order valence-electron chi connectivity index (χ3n) is 1.91. The van der Waals surface area contributed by atoms with Crippen LogP contribution < -0.4 is 21.3 Å². The van der Waals surface area contributed by atoms with Crippen molar-refractivity contribution in [2.75, 3.05) is 52.4 Å². The summed E-state index contributed by atoms with van der Waals surface area (Å²) in [5, 5.41) is 12.9. The van der Waals surface area contributed by atoms with Gasteiger partial charge in [-0.05, 0) is 0 Å². The molecule has 18 heavy (non-hydrogen) atoms. The quantitative estimate of drug-likeness (QED) is 0.227. The number of piperazine rings is 2. The molecule has 0 unspecified atom stereocenters. The molecule has 2 heterocycles. The van der Waals surface area contributed by atoms with Crippen LogP contribution >= 0.6 is 7.82 Å². The van der Waals surface area contributed by atoms with Crippen LogP contribution in [0.4, 0.5) is 0 Å². The molecule has 0 amide bonds. The van der Waals surface area contributed by atoms with Crippen molar-refractivity contribution in [3.8, 4) is 0 Å². The molecule has 0 saturated carbocycles. The van der Waals surface area contributed by atoms with Crippen molar-refractivity contribution in [1.29, 1.82) is 0 Å². The van der Waals surface area contributed by atoms with E-state index in [0.717, 1.165) is 52.4 Å². The molecule has 9 N–H and O–H groups in total. The highest BCUT2D eigenvalue weighted by molar-refractivity contribution is 7.45. The van der Waals surface area contributed by atoms with E-state index in [1.165, 1.54) is 0 Å². The van der Waals surface area contributed by atoms with Gasteiger partial charge in [-0.2, -0.15) is 0 Å². The SMILES string of the molecule is C1CNCCN1.C1CNCCN1.O.O=P(O)(O)O. The maximum Gasteiger partial charge on any atom is 0.466 e. The third-order valence-corrected chi connectivity index (χ3v) is 1.91. The van der Waals surface area contributed by atoms with Crippen molar-refractivity contribution in [2.24, 2.45) is 0 Å². The molecule has 2 fully saturated rings. The molecule has 0 aromatic heterocycles. The summed E-state index contributed by atoms with van der Waals surface area (Å²) in [6.45, 7) is 9.11. The van der Waals surface area contributed by atoms with Crippen molar-refractivity contribution in [3.63, 3.8) is 0 Å². The van der Waals surface area contributed by atoms with E-state index in [2.05, 4.69) is 21.3 Å². The molecular weight excluding hydrogens is 263 g/mol. The zero-order valence-electron chi connectivity index (χ0n) is 10.4. The first-order chi connectivity index (χ1) is 8.00. The molecule has 112 valence electrons. The van der Waals surface area contributed by atoms with Gasteiger partial charge in [-0.3, -0.25) is 0 Å². The second kappa shape index (κ2) is 13.3. The Kier molecular flexibility index (Phi) is 15.0. The lowest BCUT2D eigenvalue weighted by Gasteiger charge is -2.11. The summed E-state index contributed by atoms with van der Waals surface area (Å²) < 4.78 is 8.88. The first-order valence-electron chi connectivity index (χ1n) is 5.61. The highest BCUT2D eigenvalue weighted by Crippen LogP contribution is 2.25. The van der Waals surface area contributed by atoms with E-state index in [-0.39, 0.29) is 5.48 Å². The molecular formula is C8H25N4O5P. The van der Waals surface area contributed by atoms with E-state index in [0.29, 0.717) is 0 Å². The average Bonchev–Trinajstić information content (AvgIpc) is 2.32. The molecule has 0 aromatic rings. The minimum absolute atomic E-state index is 0. The van der Waals surface area contributed by atoms with Crippen LogP contribution in [0.2, 0.25) is 0 Å². The zero-order valence-corrected chi connectivity index (χ0v) is 11.2. The highest BCUT2D eigenvalue weighted by Gasteiger charge is 2.00. The van der Waals surface area contributed by atoms with Gasteiger partial charge in [0.25, 0.3) is 0 Å². The lowest BCUT2D eigenvalue weighted by molar-refractivity contribution is 0.275. The lowest BCUT2D eigenvalue weighted by Crippen LogP contribution is -2.39. The Morgan fingerprint density at radius 3 is 0.778 bits per heavy atom. The average molecular weight is 288 g/mol. The fraction of sp³-hybridized carbons (Fsp3) is 1.00. The van der Waals surface area contributed by atoms with Crippen LogP contribution in [0.15, 0.2) is 0 Å². The van der Waals surface area contributed by atoms with Gasteiger partial charge in [-0.1, -0.05) is 0 Å². The summed E-state index contributed by atoms with van der Waals surface area (Å²) in [4.78, 5) is 21.6. The first kappa shape index (κ1) is 20.2. The molecule has 2 aliphatic rings. The van der Waals surface area contributed by atoms with Crippen molar-refractivity contribution in [3.05, 3.63) is 0 Å². The minimum Gasteiger partial charge on any atom is -0.412 e. The van der Waals surface area contributed by atoms with Crippen LogP contribution in [-0.4, -0.2) is 72.5 Å². The van der Waals surface area contributed by atoms with Gasteiger partial charge >= 0.3 is 7.82 Å². The molecule has 0 radical (unpaired) electrons. The van der Waals surface area contributed by atoms with Gasteiger partial charge in [-0.25, -0.2) is 4.57 Å². The molecule has 9 nitrogen and oxygen atoms in total. The zero-order chi connectivity index (χ0) is 13.0. The van der Waals surface area contributed by atoms with Gasteiger partial charge < -0.3 is 41.4 Å². The van der Waals surface area contributed by atoms with Gasteiger partial charge in [-0.15, -0.1) is 0 Å². The summed E-state index contributed by atoms with van der Waals surface area (Å²) in [5.41, 5.74) is 0. The molecule has 0 spiro atoms. The Balaban J connectivity index is 0. The summed E-state index contributed by atoms with van der Waals surface area (Å²) in [7, 11) is -4.64. The molecule has 2 saturated heterocycles. The maximum absolute atomic E-state index is 8.88. The van der Waals surface area contributed by atoms with E-state index in [4.69, 9.17) is 19.2 Å². The topological polar surface area (TPSA) is 157 Å². The molecule has 10 heteroatoms. The van der Waals surface area contributed by atoms with Crippen LogP contribution in [0, 0.1) is 0 Å². The number of hydrogen-bond acceptors (Lipinski definition) is 5. The van der Waals surface area contributed by atoms with E-state index in [1.807, 2.05) is 0 Å². The standard InChI is InChI=1S/2C4H10N2.H3O4P.H2O/c2*1-2-6-4-3-5-1;1-5(2,3)4;/h2*5-6H,1-4H2;(H3,1,2,3,4);1H2. The molecule has 2 rings (SSSR count). The Hall–Kier alpha value is -0.0900. The van der Waals surface area contributed by atoms with E-state index in [9.17, 15) is 0 Å². The highest BCUT2D eigenvalue weighted by atomic mass is 31.2. The van der Waals surface area contributed by atoms with Gasteiger partial charge in [0.15, 0.2) is 0 Å². The predicted octanol–water partition coefficient (Wildman–Crippen LogP) is -3.39. The number of rotatable bonds is 0. The Bertz CT molecular complexity index is 164. The van der Waals surface area contributed by atoms with Crippen LogP contribution in [0.5, 0.6) is 0 Å². The lowest BCUT2D eigenvalue weighted by atomic mass is 10.4. The normalized spacial score (nSPS) is 19.3. The number of nitrogens with one attached hydrogen (secondary N) is 4. The summed E-state index contributed by atoms with van der Waals surface area (Å²) in [6.07, 6.45) is 0. The predicted molar refractivity (Wildman–Crippen MR) is 69.4 cm³/mol. The molecule has 0 bridgehead atoms. The first-order valence-corrected chi connectivity index (χ1v) is 7.18. The summed E-state index contributed by atoms with van der Waals surface area (Å²) in [6, 6.07) is 0. The van der Waals surface area contributed by atoms with E-state index < -0.39 is 7.82 Å². The van der Waals surface area contributed by atoms with Crippen LogP contribution in [0.1, 0.15) is 0 Å². The largest absolute Gasteiger partial charge is 0.466 e. The van der Waals surface area contributed by atoms with Crippen LogP contribution in [0.25, 0.3) is 0 Å². The molecule has 2 aliphatic heterocycles. The van der Waals surface area contributed by atoms with Crippen LogP contribution in [-0.2, 0) is 4.57 Å². The van der Waals surface area contributed by atoms with Crippen molar-refractivity contribution < 1.29 is 24.7 Å². The molecule has 0 atom stereocenters. The molecule has 0 aliphatic carbocycles. The summed E-state index contributed by atoms with van der Waals surface area (Å²) in [5.74, 6) is 0. The fourth-order valence-corrected chi connectivity index (χ4v) is 1.21. The Morgan fingerprint density at radius 1 is 0.611 bits per heavy atom. The maximum atomic E-state index is 8.88. The Labute approximate surface area is 107 Å². The minimum atomic E-state index is -4.64. The van der Waals surface area contributed by atoms with Gasteiger partial charge in [0, 0.05) is 52.4 Å². The van der Waals surface area contributed by atoms with Crippen molar-refractivity contribution >= 4 is 7.82 Å². The third kappa shape index (κ3) is 24.9. The number of phosphoric acid groups is 1. The van der Waals surface area contributed by atoms with Gasteiger partial charge in [0.2, 0.25) is 0 Å². The molecule has 0 aromatic carbocycles. The smallest absolute Gasteiger partial charge is 0.412 e. The fourth-order valence-electron chi connectivity index (χ4n) is 1.21. The van der Waals surface area contributed by atoms with Gasteiger partial charge in [0.05, 0.1) is 0 Å². The second-order valence-corrected chi connectivity index (χ2v) is 4.54. The van der Waals surface area contributed by atoms with Crippen molar-refractivity contribution in [2.45, 2.75) is 0 Å².